The van der Waals surface area contributed by atoms with Gasteiger partial charge in [-0.05, 0) is 43.0 Å². The van der Waals surface area contributed by atoms with Crippen molar-refractivity contribution in [2.24, 2.45) is 0 Å². The average Bonchev–Trinajstić information content (AvgIpc) is 2.82. The topological polar surface area (TPSA) is 107 Å². The molecule has 2 aromatic rings. The van der Waals surface area contributed by atoms with Crippen molar-refractivity contribution < 1.29 is 31.1 Å². The second kappa shape index (κ2) is 10.6. The summed E-state index contributed by atoms with van der Waals surface area (Å²) in [6.45, 7) is 2.11. The van der Waals surface area contributed by atoms with E-state index in [0.29, 0.717) is 49.2 Å². The van der Waals surface area contributed by atoms with Gasteiger partial charge < -0.3 is 26.7 Å². The molecule has 1 unspecified atom stereocenters. The molecule has 1 aliphatic rings. The van der Waals surface area contributed by atoms with Crippen molar-refractivity contribution in [2.45, 2.75) is 44.6 Å². The molecular weight excluding hydrogens is 490 g/mol. The van der Waals surface area contributed by atoms with Crippen LogP contribution in [0.1, 0.15) is 42.0 Å². The SMILES string of the molecule is CCc1cnc(N)c(C=N)c1NC1CCCN(C(=O)CNc2cc(C(F)(F)F)cc(C(F)(F)F)c2)C1. The van der Waals surface area contributed by atoms with Crippen LogP contribution in [0.2, 0.25) is 0 Å². The summed E-state index contributed by atoms with van der Waals surface area (Å²) >= 11 is 0. The number of benzene rings is 1. The Kier molecular flexibility index (Phi) is 7.99. The summed E-state index contributed by atoms with van der Waals surface area (Å²) in [4.78, 5) is 18.3. The molecule has 7 nitrogen and oxygen atoms in total. The number of aryl methyl sites for hydroxylation is 1. The highest BCUT2D eigenvalue weighted by Gasteiger charge is 2.37. The van der Waals surface area contributed by atoms with Crippen LogP contribution in [-0.2, 0) is 23.6 Å². The van der Waals surface area contributed by atoms with Crippen LogP contribution in [-0.4, -0.2) is 47.7 Å². The van der Waals surface area contributed by atoms with E-state index in [2.05, 4.69) is 15.6 Å². The molecule has 0 bridgehead atoms. The van der Waals surface area contributed by atoms with E-state index in [1.54, 1.807) is 6.20 Å². The second-order valence-electron chi connectivity index (χ2n) is 8.43. The van der Waals surface area contributed by atoms with E-state index in [0.717, 1.165) is 11.8 Å². The first-order valence-corrected chi connectivity index (χ1v) is 11.2. The standard InChI is InChI=1S/C23H26F6N6O/c1-2-13-10-33-21(31)18(9-30)20(13)34-16-4-3-5-35(12-16)19(36)11-32-17-7-14(22(24,25)26)6-15(8-17)23(27,28)29/h6-10,16,30,32H,2-5,11-12H2,1H3,(H3,31,33,34). The smallest absolute Gasteiger partial charge is 0.383 e. The van der Waals surface area contributed by atoms with Crippen molar-refractivity contribution in [1.82, 2.24) is 9.88 Å². The van der Waals surface area contributed by atoms with Crippen molar-refractivity contribution in [3.63, 3.8) is 0 Å². The molecule has 0 spiro atoms. The van der Waals surface area contributed by atoms with Crippen LogP contribution in [0, 0.1) is 5.41 Å². The van der Waals surface area contributed by atoms with E-state index in [1.807, 2.05) is 6.92 Å². The Morgan fingerprint density at radius 1 is 1.19 bits per heavy atom. The molecule has 1 aromatic carbocycles. The monoisotopic (exact) mass is 516 g/mol. The number of nitrogens with zero attached hydrogens (tertiary/aromatic N) is 2. The van der Waals surface area contributed by atoms with Crippen molar-refractivity contribution in [3.8, 4) is 0 Å². The van der Waals surface area contributed by atoms with Crippen LogP contribution in [0.4, 0.5) is 43.5 Å². The minimum Gasteiger partial charge on any atom is -0.383 e. The summed E-state index contributed by atoms with van der Waals surface area (Å²) in [6.07, 6.45) is -5.26. The first-order valence-electron chi connectivity index (χ1n) is 11.2. The Morgan fingerprint density at radius 2 is 1.83 bits per heavy atom. The highest BCUT2D eigenvalue weighted by molar-refractivity contribution is 5.92. The zero-order chi connectivity index (χ0) is 26.7. The lowest BCUT2D eigenvalue weighted by molar-refractivity contribution is -0.143. The number of rotatable bonds is 7. The van der Waals surface area contributed by atoms with Crippen molar-refractivity contribution >= 4 is 29.3 Å². The molecule has 1 atom stereocenters. The van der Waals surface area contributed by atoms with Gasteiger partial charge in [-0.2, -0.15) is 26.3 Å². The largest absolute Gasteiger partial charge is 0.416 e. The summed E-state index contributed by atoms with van der Waals surface area (Å²) in [5, 5.41) is 13.4. The first-order chi connectivity index (χ1) is 16.8. The number of aromatic nitrogens is 1. The van der Waals surface area contributed by atoms with E-state index >= 15 is 0 Å². The van der Waals surface area contributed by atoms with E-state index < -0.39 is 41.6 Å². The number of nitrogens with two attached hydrogens (primary N) is 1. The number of likely N-dealkylation sites (tertiary alicyclic amines) is 1. The molecule has 196 valence electrons. The Labute approximate surface area is 203 Å². The minimum atomic E-state index is -4.98. The summed E-state index contributed by atoms with van der Waals surface area (Å²) in [7, 11) is 0. The number of amides is 1. The summed E-state index contributed by atoms with van der Waals surface area (Å²) in [5.74, 6) is -0.276. The summed E-state index contributed by atoms with van der Waals surface area (Å²) < 4.78 is 78.5. The van der Waals surface area contributed by atoms with Crippen LogP contribution in [0.5, 0.6) is 0 Å². The molecule has 1 aromatic heterocycles. The molecule has 2 heterocycles. The Balaban J connectivity index is 1.71. The molecular formula is C23H26F6N6O. The number of hydrogen-bond donors (Lipinski definition) is 4. The van der Waals surface area contributed by atoms with Gasteiger partial charge in [0.05, 0.1) is 28.9 Å². The van der Waals surface area contributed by atoms with E-state index in [9.17, 15) is 31.1 Å². The molecule has 0 saturated carbocycles. The zero-order valence-corrected chi connectivity index (χ0v) is 19.4. The van der Waals surface area contributed by atoms with E-state index in [4.69, 9.17) is 11.1 Å². The van der Waals surface area contributed by atoms with Gasteiger partial charge in [0.1, 0.15) is 5.82 Å². The molecule has 3 rings (SSSR count). The molecule has 13 heteroatoms. The van der Waals surface area contributed by atoms with Crippen LogP contribution < -0.4 is 16.4 Å². The first kappa shape index (κ1) is 27.1. The molecule has 5 N–H and O–H groups in total. The van der Waals surface area contributed by atoms with Gasteiger partial charge in [0.25, 0.3) is 0 Å². The lowest BCUT2D eigenvalue weighted by Crippen LogP contribution is -2.47. The second-order valence-corrected chi connectivity index (χ2v) is 8.43. The fourth-order valence-electron chi connectivity index (χ4n) is 4.04. The number of nitrogen functional groups attached to an aromatic ring is 1. The van der Waals surface area contributed by atoms with Crippen molar-refractivity contribution in [1.29, 1.82) is 5.41 Å². The Hall–Kier alpha value is -3.51. The third-order valence-electron chi connectivity index (χ3n) is 5.91. The normalized spacial score (nSPS) is 16.5. The quantitative estimate of drug-likeness (QED) is 0.313. The molecule has 1 saturated heterocycles. The molecule has 0 radical (unpaired) electrons. The predicted molar refractivity (Wildman–Crippen MR) is 124 cm³/mol. The molecule has 0 aliphatic carbocycles. The fourth-order valence-corrected chi connectivity index (χ4v) is 4.04. The number of carbonyl (C=O) groups is 1. The van der Waals surface area contributed by atoms with Gasteiger partial charge in [0.2, 0.25) is 5.91 Å². The molecule has 1 aliphatic heterocycles. The van der Waals surface area contributed by atoms with Gasteiger partial charge in [0.15, 0.2) is 0 Å². The van der Waals surface area contributed by atoms with Crippen LogP contribution >= 0.6 is 0 Å². The third kappa shape index (κ3) is 6.38. The van der Waals surface area contributed by atoms with E-state index in [-0.39, 0.29) is 24.5 Å². The van der Waals surface area contributed by atoms with E-state index in [1.165, 1.54) is 4.90 Å². The van der Waals surface area contributed by atoms with Gasteiger partial charge in [-0.1, -0.05) is 6.92 Å². The van der Waals surface area contributed by atoms with Crippen LogP contribution in [0.3, 0.4) is 0 Å². The molecule has 1 amide bonds. The number of carbonyl (C=O) groups excluding carboxylic acids is 1. The number of piperidine rings is 1. The minimum absolute atomic E-state index is 0.0346. The van der Waals surface area contributed by atoms with Crippen LogP contribution in [0.15, 0.2) is 24.4 Å². The number of nitrogens with one attached hydrogen (secondary N) is 3. The maximum atomic E-state index is 13.1. The Bertz CT molecular complexity index is 1090. The number of anilines is 3. The number of pyridine rings is 1. The van der Waals surface area contributed by atoms with Gasteiger partial charge in [-0.15, -0.1) is 0 Å². The lowest BCUT2D eigenvalue weighted by atomic mass is 10.0. The van der Waals surface area contributed by atoms with Crippen LogP contribution in [0.25, 0.3) is 0 Å². The summed E-state index contributed by atoms with van der Waals surface area (Å²) in [6, 6.07) is 0.927. The highest BCUT2D eigenvalue weighted by Crippen LogP contribution is 2.37. The predicted octanol–water partition coefficient (Wildman–Crippen LogP) is 4.78. The highest BCUT2D eigenvalue weighted by atomic mass is 19.4. The number of hydrogen-bond acceptors (Lipinski definition) is 6. The van der Waals surface area contributed by atoms with Gasteiger partial charge in [0, 0.05) is 37.2 Å². The average molecular weight is 516 g/mol. The van der Waals surface area contributed by atoms with Crippen molar-refractivity contribution in [3.05, 3.63) is 46.6 Å². The lowest BCUT2D eigenvalue weighted by Gasteiger charge is -2.34. The zero-order valence-electron chi connectivity index (χ0n) is 19.4. The molecule has 36 heavy (non-hydrogen) atoms. The molecule has 1 fully saturated rings. The maximum absolute atomic E-state index is 13.1. The summed E-state index contributed by atoms with van der Waals surface area (Å²) in [5.41, 5.74) is 4.46. The fraction of sp³-hybridized carbons (Fsp3) is 0.435. The van der Waals surface area contributed by atoms with Gasteiger partial charge in [-0.25, -0.2) is 4.98 Å². The van der Waals surface area contributed by atoms with Gasteiger partial charge in [-0.3, -0.25) is 4.79 Å². The number of alkyl halides is 6. The maximum Gasteiger partial charge on any atom is 0.416 e. The third-order valence-corrected chi connectivity index (χ3v) is 5.91. The van der Waals surface area contributed by atoms with Crippen molar-refractivity contribution in [2.75, 3.05) is 36.0 Å². The number of halogens is 6. The van der Waals surface area contributed by atoms with Gasteiger partial charge >= 0.3 is 12.4 Å². The Morgan fingerprint density at radius 3 is 2.39 bits per heavy atom.